The molecule has 4 aromatic rings. The highest BCUT2D eigenvalue weighted by Gasteiger charge is 2.32. The van der Waals surface area contributed by atoms with Gasteiger partial charge in [-0.2, -0.15) is 0 Å². The molecule has 1 aliphatic carbocycles. The molecule has 4 aromatic heterocycles. The number of aromatic nitrogens is 4. The number of nitrogens with one attached hydrogen (secondary N) is 1. The number of fused-ring (bicyclic) bond motifs is 5. The van der Waals surface area contributed by atoms with Crippen LogP contribution in [0.3, 0.4) is 0 Å². The summed E-state index contributed by atoms with van der Waals surface area (Å²) in [5.74, 6) is 0.841. The highest BCUT2D eigenvalue weighted by Crippen LogP contribution is 2.43. The summed E-state index contributed by atoms with van der Waals surface area (Å²) in [6.07, 6.45) is 9.74. The van der Waals surface area contributed by atoms with Gasteiger partial charge in [0, 0.05) is 37.4 Å². The molecule has 0 aromatic carbocycles. The number of pyridine rings is 2. The molecule has 1 fully saturated rings. The first-order valence-corrected chi connectivity index (χ1v) is 13.6. The van der Waals surface area contributed by atoms with E-state index < -0.39 is 0 Å². The van der Waals surface area contributed by atoms with Crippen LogP contribution in [0, 0.1) is 0 Å². The van der Waals surface area contributed by atoms with Crippen molar-refractivity contribution in [1.29, 1.82) is 0 Å². The van der Waals surface area contributed by atoms with E-state index in [0.29, 0.717) is 19.7 Å². The molecule has 9 heteroatoms. The summed E-state index contributed by atoms with van der Waals surface area (Å²) in [6, 6.07) is 4.08. The third-order valence-corrected chi connectivity index (χ3v) is 8.31. The molecule has 0 radical (unpaired) electrons. The monoisotopic (exact) mass is 504 g/mol. The van der Waals surface area contributed by atoms with E-state index in [1.54, 1.807) is 23.9 Å². The second-order valence-corrected chi connectivity index (χ2v) is 11.3. The van der Waals surface area contributed by atoms with Crippen LogP contribution in [0.25, 0.3) is 20.4 Å². The number of hydrogen-bond acceptors (Lipinski definition) is 9. The summed E-state index contributed by atoms with van der Waals surface area (Å²) >= 11 is 1.66. The van der Waals surface area contributed by atoms with Gasteiger partial charge < -0.3 is 20.1 Å². The molecule has 1 saturated heterocycles. The van der Waals surface area contributed by atoms with Crippen molar-refractivity contribution in [2.24, 2.45) is 0 Å². The van der Waals surface area contributed by atoms with Crippen molar-refractivity contribution in [2.45, 2.75) is 57.7 Å². The lowest BCUT2D eigenvalue weighted by atomic mass is 9.86. The van der Waals surface area contributed by atoms with Crippen LogP contribution in [0.4, 0.5) is 5.82 Å². The number of ether oxygens (including phenoxy) is 1. The van der Waals surface area contributed by atoms with Crippen LogP contribution in [-0.2, 0) is 24.1 Å². The number of thiophene rings is 1. The fraction of sp³-hybridized carbons (Fsp3) is 0.481. The van der Waals surface area contributed by atoms with Crippen molar-refractivity contribution in [1.82, 2.24) is 25.3 Å². The molecule has 1 aliphatic heterocycles. The van der Waals surface area contributed by atoms with Crippen molar-refractivity contribution in [3.05, 3.63) is 53.2 Å². The molecule has 188 valence electrons. The van der Waals surface area contributed by atoms with Crippen molar-refractivity contribution in [2.75, 3.05) is 31.2 Å². The Morgan fingerprint density at radius 2 is 2.08 bits per heavy atom. The molecule has 0 saturated carbocycles. The molecule has 1 unspecified atom stereocenters. The molecule has 2 N–H and O–H groups in total. The van der Waals surface area contributed by atoms with Gasteiger partial charge in [-0.05, 0) is 62.3 Å². The Kier molecular flexibility index (Phi) is 6.33. The highest BCUT2D eigenvalue weighted by molar-refractivity contribution is 7.26. The van der Waals surface area contributed by atoms with E-state index in [1.165, 1.54) is 29.4 Å². The molecular weight excluding hydrogens is 472 g/mol. The SMILES string of the molecule is CC1(C)CNC(c2nc3sc4c(N(CCO)Cc5cccnc5)ncnc4c3c3c2CCCC3)CO1. The maximum Gasteiger partial charge on any atom is 0.150 e. The second kappa shape index (κ2) is 9.63. The molecule has 36 heavy (non-hydrogen) atoms. The van der Waals surface area contributed by atoms with Gasteiger partial charge in [0.25, 0.3) is 0 Å². The van der Waals surface area contributed by atoms with Crippen molar-refractivity contribution in [3.63, 3.8) is 0 Å². The van der Waals surface area contributed by atoms with Crippen LogP contribution in [0.2, 0.25) is 0 Å². The smallest absolute Gasteiger partial charge is 0.150 e. The quantitative estimate of drug-likeness (QED) is 0.408. The molecule has 8 nitrogen and oxygen atoms in total. The molecule has 2 aliphatic rings. The number of hydrogen-bond donors (Lipinski definition) is 2. The predicted molar refractivity (Wildman–Crippen MR) is 143 cm³/mol. The lowest BCUT2D eigenvalue weighted by Gasteiger charge is -2.36. The van der Waals surface area contributed by atoms with Crippen LogP contribution in [0.15, 0.2) is 30.9 Å². The van der Waals surface area contributed by atoms with Crippen LogP contribution in [0.1, 0.15) is 55.1 Å². The van der Waals surface area contributed by atoms with Gasteiger partial charge in [-0.3, -0.25) is 4.98 Å². The number of aliphatic hydroxyl groups excluding tert-OH is 1. The number of morpholine rings is 1. The average molecular weight is 505 g/mol. The van der Waals surface area contributed by atoms with E-state index in [0.717, 1.165) is 51.5 Å². The third-order valence-electron chi connectivity index (χ3n) is 7.25. The van der Waals surface area contributed by atoms with Gasteiger partial charge in [0.1, 0.15) is 11.2 Å². The van der Waals surface area contributed by atoms with Crippen LogP contribution < -0.4 is 10.2 Å². The van der Waals surface area contributed by atoms with Gasteiger partial charge >= 0.3 is 0 Å². The first kappa shape index (κ1) is 23.7. The Hall–Kier alpha value is -2.72. The summed E-state index contributed by atoms with van der Waals surface area (Å²) in [5.41, 5.74) is 5.79. The lowest BCUT2D eigenvalue weighted by Crippen LogP contribution is -2.47. The second-order valence-electron chi connectivity index (χ2n) is 10.3. The fourth-order valence-electron chi connectivity index (χ4n) is 5.45. The number of nitrogens with zero attached hydrogens (tertiary/aromatic N) is 5. The van der Waals surface area contributed by atoms with Crippen molar-refractivity contribution in [3.8, 4) is 0 Å². The number of anilines is 1. The summed E-state index contributed by atoms with van der Waals surface area (Å²) < 4.78 is 7.20. The number of aryl methyl sites for hydroxylation is 1. The van der Waals surface area contributed by atoms with Crippen LogP contribution >= 0.6 is 11.3 Å². The molecule has 0 spiro atoms. The minimum absolute atomic E-state index is 0.0398. The van der Waals surface area contributed by atoms with E-state index >= 15 is 0 Å². The number of rotatable bonds is 6. The zero-order chi connectivity index (χ0) is 24.7. The Morgan fingerprint density at radius 1 is 1.22 bits per heavy atom. The van der Waals surface area contributed by atoms with Gasteiger partial charge in [0.2, 0.25) is 0 Å². The Balaban J connectivity index is 1.48. The van der Waals surface area contributed by atoms with Crippen LogP contribution in [-0.4, -0.2) is 56.9 Å². The van der Waals surface area contributed by atoms with E-state index in [1.807, 2.05) is 18.3 Å². The summed E-state index contributed by atoms with van der Waals surface area (Å²) in [7, 11) is 0. The lowest BCUT2D eigenvalue weighted by molar-refractivity contribution is -0.0594. The average Bonchev–Trinajstić information content (AvgIpc) is 3.28. The Bertz CT molecular complexity index is 1380. The van der Waals surface area contributed by atoms with Crippen molar-refractivity contribution < 1.29 is 9.84 Å². The zero-order valence-electron chi connectivity index (χ0n) is 20.8. The Labute approximate surface area is 214 Å². The molecule has 5 heterocycles. The standard InChI is InChI=1S/C27H32N6O2S/c1-27(2)15-29-20(14-35-27)22-19-8-4-3-7-18(19)21-23-24(36-26(21)32-22)25(31-16-30-23)33(10-11-34)13-17-6-5-9-28-12-17/h5-6,9,12,16,20,29,34H,3-4,7-8,10-11,13-15H2,1-2H3. The van der Waals surface area contributed by atoms with Crippen molar-refractivity contribution >= 4 is 37.6 Å². The Morgan fingerprint density at radius 3 is 2.83 bits per heavy atom. The fourth-order valence-corrected chi connectivity index (χ4v) is 6.63. The summed E-state index contributed by atoms with van der Waals surface area (Å²) in [6.45, 7) is 6.81. The normalized spacial score (nSPS) is 19.5. The molecule has 1 atom stereocenters. The highest BCUT2D eigenvalue weighted by atomic mass is 32.1. The third kappa shape index (κ3) is 4.34. The molecule has 0 amide bonds. The maximum atomic E-state index is 9.83. The minimum atomic E-state index is -0.160. The summed E-state index contributed by atoms with van der Waals surface area (Å²) in [5, 5.41) is 14.7. The summed E-state index contributed by atoms with van der Waals surface area (Å²) in [4.78, 5) is 22.1. The van der Waals surface area contributed by atoms with Crippen LogP contribution in [0.5, 0.6) is 0 Å². The predicted octanol–water partition coefficient (Wildman–Crippen LogP) is 3.95. The molecule has 6 rings (SSSR count). The first-order valence-electron chi connectivity index (χ1n) is 12.7. The van der Waals surface area contributed by atoms with E-state index in [9.17, 15) is 5.11 Å². The van der Waals surface area contributed by atoms with Gasteiger partial charge in [-0.15, -0.1) is 11.3 Å². The largest absolute Gasteiger partial charge is 0.395 e. The van der Waals surface area contributed by atoms with E-state index in [4.69, 9.17) is 19.7 Å². The minimum Gasteiger partial charge on any atom is -0.395 e. The zero-order valence-corrected chi connectivity index (χ0v) is 21.6. The van der Waals surface area contributed by atoms with E-state index in [2.05, 4.69) is 29.0 Å². The van der Waals surface area contributed by atoms with Gasteiger partial charge in [0.15, 0.2) is 5.82 Å². The molecule has 0 bridgehead atoms. The first-order chi connectivity index (χ1) is 17.5. The van der Waals surface area contributed by atoms with E-state index in [-0.39, 0.29) is 18.2 Å². The number of aliphatic hydroxyl groups is 1. The maximum absolute atomic E-state index is 9.83. The van der Waals surface area contributed by atoms with Gasteiger partial charge in [-0.25, -0.2) is 15.0 Å². The topological polar surface area (TPSA) is 96.3 Å². The molecular formula is C27H32N6O2S. The van der Waals surface area contributed by atoms with Gasteiger partial charge in [-0.1, -0.05) is 6.07 Å². The van der Waals surface area contributed by atoms with Gasteiger partial charge in [0.05, 0.1) is 40.8 Å².